The summed E-state index contributed by atoms with van der Waals surface area (Å²) in [4.78, 5) is 5.98. The Labute approximate surface area is 235 Å². The van der Waals surface area contributed by atoms with E-state index in [0.717, 1.165) is 30.2 Å². The van der Waals surface area contributed by atoms with Crippen molar-refractivity contribution >= 4 is 23.0 Å². The van der Waals surface area contributed by atoms with Crippen molar-refractivity contribution in [2.75, 3.05) is 11.9 Å². The molecule has 206 valence electrons. The number of aromatic nitrogens is 2. The summed E-state index contributed by atoms with van der Waals surface area (Å²) in [6, 6.07) is 20.6. The third-order valence-electron chi connectivity index (χ3n) is 6.41. The first-order chi connectivity index (χ1) is 19.2. The molecule has 0 fully saturated rings. The summed E-state index contributed by atoms with van der Waals surface area (Å²) < 4.78 is 56.3. The minimum atomic E-state index is -4.48. The summed E-state index contributed by atoms with van der Waals surface area (Å²) in [6.45, 7) is 1.01. The van der Waals surface area contributed by atoms with E-state index in [2.05, 4.69) is 16.4 Å². The Balaban J connectivity index is 1.41. The number of imidazole rings is 1. The van der Waals surface area contributed by atoms with Gasteiger partial charge in [0.05, 0.1) is 23.5 Å². The van der Waals surface area contributed by atoms with Gasteiger partial charge in [-0.3, -0.25) is 0 Å². The maximum Gasteiger partial charge on any atom is 0.416 e. The molecule has 0 atom stereocenters. The van der Waals surface area contributed by atoms with Gasteiger partial charge >= 0.3 is 6.18 Å². The molecule has 5 nitrogen and oxygen atoms in total. The lowest BCUT2D eigenvalue weighted by atomic mass is 10.1. The zero-order valence-corrected chi connectivity index (χ0v) is 22.4. The van der Waals surface area contributed by atoms with Gasteiger partial charge in [-0.25, -0.2) is 9.37 Å². The number of alkyl halides is 3. The molecular weight excluding hydrogens is 538 g/mol. The zero-order chi connectivity index (χ0) is 28.5. The van der Waals surface area contributed by atoms with Gasteiger partial charge in [-0.15, -0.1) is 0 Å². The second kappa shape index (κ2) is 13.2. The standard InChI is InChI=1S/C30H27F4N5S/c31-25-12-14-26(15-13-25)37-29(40)38(20-24-5-1-2-7-28(24)30(32,33)34)16-4-3-6-27-18-36-21-39(27)19-23-10-8-22(17-35)9-11-23/h1-2,5,7-15,18,21H,3-4,6,16,19-20H2,(H,37,40). The monoisotopic (exact) mass is 565 g/mol. The Kier molecular flexibility index (Phi) is 9.51. The highest BCUT2D eigenvalue weighted by Gasteiger charge is 2.33. The minimum Gasteiger partial charge on any atom is -0.345 e. The van der Waals surface area contributed by atoms with E-state index in [0.29, 0.717) is 30.8 Å². The van der Waals surface area contributed by atoms with Crippen molar-refractivity contribution in [3.05, 3.63) is 119 Å². The molecule has 0 amide bonds. The molecule has 1 N–H and O–H groups in total. The number of hydrogen-bond acceptors (Lipinski definition) is 3. The van der Waals surface area contributed by atoms with Crippen LogP contribution in [0.5, 0.6) is 0 Å². The fourth-order valence-electron chi connectivity index (χ4n) is 4.32. The molecule has 3 aromatic carbocycles. The number of aryl methyl sites for hydroxylation is 1. The second-order valence-corrected chi connectivity index (χ2v) is 9.68. The normalized spacial score (nSPS) is 11.2. The molecule has 0 bridgehead atoms. The fourth-order valence-corrected chi connectivity index (χ4v) is 4.59. The van der Waals surface area contributed by atoms with E-state index in [4.69, 9.17) is 17.5 Å². The lowest BCUT2D eigenvalue weighted by molar-refractivity contribution is -0.138. The van der Waals surface area contributed by atoms with Gasteiger partial charge in [0.1, 0.15) is 5.82 Å². The Hall–Kier alpha value is -4.23. The molecule has 4 aromatic rings. The number of unbranched alkanes of at least 4 members (excludes halogenated alkanes) is 1. The summed E-state index contributed by atoms with van der Waals surface area (Å²) in [6.07, 6.45) is 1.23. The molecule has 0 aliphatic heterocycles. The predicted molar refractivity (Wildman–Crippen MR) is 150 cm³/mol. The highest BCUT2D eigenvalue weighted by Crippen LogP contribution is 2.32. The highest BCUT2D eigenvalue weighted by molar-refractivity contribution is 7.80. The van der Waals surface area contributed by atoms with Crippen molar-refractivity contribution in [3.63, 3.8) is 0 Å². The van der Waals surface area contributed by atoms with E-state index < -0.39 is 17.6 Å². The predicted octanol–water partition coefficient (Wildman–Crippen LogP) is 7.18. The third-order valence-corrected chi connectivity index (χ3v) is 6.77. The first kappa shape index (κ1) is 28.8. The maximum absolute atomic E-state index is 13.7. The van der Waals surface area contributed by atoms with Crippen molar-refractivity contribution < 1.29 is 17.6 Å². The van der Waals surface area contributed by atoms with Crippen LogP contribution in [-0.2, 0) is 25.7 Å². The molecule has 0 saturated carbocycles. The van der Waals surface area contributed by atoms with Crippen molar-refractivity contribution in [1.82, 2.24) is 14.5 Å². The number of anilines is 1. The molecular formula is C30H27F4N5S. The lowest BCUT2D eigenvalue weighted by Gasteiger charge is -2.27. The van der Waals surface area contributed by atoms with Crippen molar-refractivity contribution in [3.8, 4) is 6.07 Å². The van der Waals surface area contributed by atoms with Gasteiger partial charge < -0.3 is 14.8 Å². The summed E-state index contributed by atoms with van der Waals surface area (Å²) in [5, 5.41) is 12.3. The molecule has 10 heteroatoms. The number of nitriles is 1. The molecule has 0 spiro atoms. The van der Waals surface area contributed by atoms with Gasteiger partial charge in [0.2, 0.25) is 0 Å². The van der Waals surface area contributed by atoms with Crippen LogP contribution in [0.1, 0.15) is 40.8 Å². The van der Waals surface area contributed by atoms with E-state index in [1.54, 1.807) is 29.4 Å². The Morgan fingerprint density at radius 1 is 1.00 bits per heavy atom. The number of rotatable bonds is 10. The number of benzene rings is 3. The first-order valence-corrected chi connectivity index (χ1v) is 13.1. The molecule has 1 heterocycles. The Bertz CT molecular complexity index is 1460. The van der Waals surface area contributed by atoms with Gasteiger partial charge in [0, 0.05) is 37.2 Å². The van der Waals surface area contributed by atoms with Crippen LogP contribution in [0.25, 0.3) is 0 Å². The van der Waals surface area contributed by atoms with Crippen molar-refractivity contribution in [2.24, 2.45) is 0 Å². The van der Waals surface area contributed by atoms with Crippen LogP contribution >= 0.6 is 12.2 Å². The number of thiocarbonyl (C=S) groups is 1. The van der Waals surface area contributed by atoms with E-state index in [1.807, 2.05) is 22.9 Å². The van der Waals surface area contributed by atoms with Crippen LogP contribution < -0.4 is 5.32 Å². The van der Waals surface area contributed by atoms with Gasteiger partial charge in [-0.2, -0.15) is 18.4 Å². The average Bonchev–Trinajstić information content (AvgIpc) is 3.38. The van der Waals surface area contributed by atoms with Crippen LogP contribution in [-0.4, -0.2) is 26.1 Å². The zero-order valence-electron chi connectivity index (χ0n) is 21.5. The van der Waals surface area contributed by atoms with E-state index in [9.17, 15) is 17.6 Å². The van der Waals surface area contributed by atoms with E-state index in [1.165, 1.54) is 36.4 Å². The summed E-state index contributed by atoms with van der Waals surface area (Å²) in [5.74, 6) is -0.397. The third kappa shape index (κ3) is 7.90. The maximum atomic E-state index is 13.7. The Morgan fingerprint density at radius 3 is 2.42 bits per heavy atom. The first-order valence-electron chi connectivity index (χ1n) is 12.7. The van der Waals surface area contributed by atoms with Gasteiger partial charge in [-0.1, -0.05) is 30.3 Å². The fraction of sp³-hybridized carbons (Fsp3) is 0.233. The lowest BCUT2D eigenvalue weighted by Crippen LogP contribution is -2.35. The van der Waals surface area contributed by atoms with E-state index in [-0.39, 0.29) is 17.2 Å². The highest BCUT2D eigenvalue weighted by atomic mass is 32.1. The van der Waals surface area contributed by atoms with Gasteiger partial charge in [-0.05, 0) is 85.1 Å². The van der Waals surface area contributed by atoms with Crippen LogP contribution in [0.4, 0.5) is 23.2 Å². The van der Waals surface area contributed by atoms with Crippen LogP contribution in [0.2, 0.25) is 0 Å². The number of nitrogens with one attached hydrogen (secondary N) is 1. The molecule has 40 heavy (non-hydrogen) atoms. The molecule has 0 saturated heterocycles. The molecule has 0 unspecified atom stereocenters. The number of halogens is 4. The van der Waals surface area contributed by atoms with Crippen LogP contribution in [0, 0.1) is 17.1 Å². The van der Waals surface area contributed by atoms with Gasteiger partial charge in [0.15, 0.2) is 5.11 Å². The summed E-state index contributed by atoms with van der Waals surface area (Å²) in [5.41, 5.74) is 2.65. The van der Waals surface area contributed by atoms with Crippen molar-refractivity contribution in [2.45, 2.75) is 38.5 Å². The summed E-state index contributed by atoms with van der Waals surface area (Å²) >= 11 is 5.57. The molecule has 1 aromatic heterocycles. The molecule has 0 aliphatic carbocycles. The molecule has 4 rings (SSSR count). The topological polar surface area (TPSA) is 56.9 Å². The summed E-state index contributed by atoms with van der Waals surface area (Å²) in [7, 11) is 0. The Morgan fingerprint density at radius 2 is 1.73 bits per heavy atom. The quantitative estimate of drug-likeness (QED) is 0.125. The van der Waals surface area contributed by atoms with E-state index >= 15 is 0 Å². The van der Waals surface area contributed by atoms with Crippen LogP contribution in [0.3, 0.4) is 0 Å². The minimum absolute atomic E-state index is 0.0284. The molecule has 0 aliphatic rings. The van der Waals surface area contributed by atoms with Gasteiger partial charge in [0.25, 0.3) is 0 Å². The number of hydrogen-bond donors (Lipinski definition) is 1. The molecule has 0 radical (unpaired) electrons. The SMILES string of the molecule is N#Cc1ccc(Cn2cncc2CCCCN(Cc2ccccc2C(F)(F)F)C(=S)Nc2ccc(F)cc2)cc1. The number of nitrogens with zero attached hydrogens (tertiary/aromatic N) is 4. The largest absolute Gasteiger partial charge is 0.416 e. The van der Waals surface area contributed by atoms with Crippen molar-refractivity contribution in [1.29, 1.82) is 5.26 Å². The smallest absolute Gasteiger partial charge is 0.345 e. The average molecular weight is 566 g/mol. The second-order valence-electron chi connectivity index (χ2n) is 9.29. The van der Waals surface area contributed by atoms with Crippen LogP contribution in [0.15, 0.2) is 85.3 Å².